The van der Waals surface area contributed by atoms with Crippen molar-refractivity contribution >= 4 is 27.9 Å². The van der Waals surface area contributed by atoms with Gasteiger partial charge in [-0.3, -0.25) is 13.8 Å². The van der Waals surface area contributed by atoms with E-state index in [0.29, 0.717) is 0 Å². The minimum Gasteiger partial charge on any atom is -0.455 e. The van der Waals surface area contributed by atoms with Gasteiger partial charge in [0.15, 0.2) is 6.10 Å². The Morgan fingerprint density at radius 1 is 1.26 bits per heavy atom. The molecule has 0 N–H and O–H groups in total. The summed E-state index contributed by atoms with van der Waals surface area (Å²) in [6.45, 7) is 1.66. The lowest BCUT2D eigenvalue weighted by atomic mass is 10.1. The van der Waals surface area contributed by atoms with E-state index in [4.69, 9.17) is 18.4 Å². The molecule has 1 aliphatic rings. The molecule has 0 spiro atoms. The van der Waals surface area contributed by atoms with E-state index >= 15 is 0 Å². The van der Waals surface area contributed by atoms with Crippen LogP contribution in [-0.2, 0) is 38.1 Å². The van der Waals surface area contributed by atoms with Crippen molar-refractivity contribution in [3.8, 4) is 0 Å². The molecule has 1 fully saturated rings. The summed E-state index contributed by atoms with van der Waals surface area (Å²) in [7, 11) is -3.84. The van der Waals surface area contributed by atoms with Gasteiger partial charge in [-0.15, -0.1) is 0 Å². The number of hydrogen-bond acceptors (Lipinski definition) is 10. The lowest BCUT2D eigenvalue weighted by Crippen LogP contribution is -2.40. The van der Waals surface area contributed by atoms with Gasteiger partial charge in [-0.05, 0) is 11.0 Å². The Labute approximate surface area is 154 Å². The normalized spacial score (nSPS) is 25.1. The van der Waals surface area contributed by atoms with Gasteiger partial charge in [-0.1, -0.05) is 0 Å². The van der Waals surface area contributed by atoms with Crippen molar-refractivity contribution in [3.63, 3.8) is 0 Å². The van der Waals surface area contributed by atoms with E-state index in [9.17, 15) is 28.1 Å². The highest BCUT2D eigenvalue weighted by Gasteiger charge is 2.53. The van der Waals surface area contributed by atoms with E-state index < -0.39 is 58.1 Å². The van der Waals surface area contributed by atoms with Gasteiger partial charge < -0.3 is 24.3 Å². The first-order valence-corrected chi connectivity index (χ1v) is 9.47. The molecule has 13 heteroatoms. The largest absolute Gasteiger partial charge is 0.455 e. The number of aromatic nitrogens is 1. The smallest absolute Gasteiger partial charge is 0.325 e. The van der Waals surface area contributed by atoms with Crippen LogP contribution in [0.15, 0.2) is 18.3 Å². The molecule has 0 aliphatic carbocycles. The highest BCUT2D eigenvalue weighted by Crippen LogP contribution is 2.36. The fourth-order valence-electron chi connectivity index (χ4n) is 2.66. The van der Waals surface area contributed by atoms with Crippen molar-refractivity contribution in [2.45, 2.75) is 38.4 Å². The lowest BCUT2D eigenvalue weighted by Gasteiger charge is -2.22. The molecule has 0 aromatic carbocycles. The molecule has 27 heavy (non-hydrogen) atoms. The number of carbonyl (C=O) groups is 2. The van der Waals surface area contributed by atoms with Crippen molar-refractivity contribution in [2.75, 3.05) is 12.9 Å². The fraction of sp³-hybridized carbons (Fsp3) is 0.571. The molecule has 0 bridgehead atoms. The molecule has 1 aliphatic heterocycles. The summed E-state index contributed by atoms with van der Waals surface area (Å²) in [4.78, 5) is 33.5. The maximum atomic E-state index is 11.5. The SMILES string of the molecule is CC(=O)OC1C(COS(C)(=O)=O)OC(n2cccc2[N+](=O)[O-])C1OC(C)=O. The predicted octanol–water partition coefficient (Wildman–Crippen LogP) is 0.133. The maximum absolute atomic E-state index is 11.5. The third-order valence-corrected chi connectivity index (χ3v) is 4.12. The first-order valence-electron chi connectivity index (χ1n) is 7.65. The van der Waals surface area contributed by atoms with E-state index in [0.717, 1.165) is 24.7 Å². The van der Waals surface area contributed by atoms with Crippen LogP contribution < -0.4 is 0 Å². The van der Waals surface area contributed by atoms with E-state index in [1.807, 2.05) is 0 Å². The summed E-state index contributed by atoms with van der Waals surface area (Å²) in [6, 6.07) is 2.59. The van der Waals surface area contributed by atoms with Gasteiger partial charge in [0.1, 0.15) is 6.10 Å². The van der Waals surface area contributed by atoms with Crippen LogP contribution in [0.1, 0.15) is 20.1 Å². The van der Waals surface area contributed by atoms with Gasteiger partial charge in [0.25, 0.3) is 10.1 Å². The number of ether oxygens (including phenoxy) is 3. The highest BCUT2D eigenvalue weighted by atomic mass is 32.2. The summed E-state index contributed by atoms with van der Waals surface area (Å²) in [5.74, 6) is -1.85. The molecule has 0 radical (unpaired) electrons. The Morgan fingerprint density at radius 2 is 1.85 bits per heavy atom. The molecule has 0 saturated carbocycles. The molecule has 150 valence electrons. The Morgan fingerprint density at radius 3 is 2.37 bits per heavy atom. The van der Waals surface area contributed by atoms with Gasteiger partial charge >= 0.3 is 17.8 Å². The van der Waals surface area contributed by atoms with Crippen LogP contribution in [0.2, 0.25) is 0 Å². The van der Waals surface area contributed by atoms with E-state index in [2.05, 4.69) is 0 Å². The second kappa shape index (κ2) is 8.02. The minimum absolute atomic E-state index is 0.358. The molecule has 0 amide bonds. The third kappa shape index (κ3) is 5.24. The van der Waals surface area contributed by atoms with Crippen LogP contribution in [0, 0.1) is 10.1 Å². The van der Waals surface area contributed by atoms with Crippen molar-refractivity contribution in [3.05, 3.63) is 28.4 Å². The summed E-state index contributed by atoms with van der Waals surface area (Å²) < 4.78 is 44.2. The van der Waals surface area contributed by atoms with Gasteiger partial charge in [0.05, 0.1) is 19.1 Å². The minimum atomic E-state index is -3.84. The number of rotatable bonds is 7. The van der Waals surface area contributed by atoms with Crippen LogP contribution in [0.4, 0.5) is 5.82 Å². The third-order valence-electron chi connectivity index (χ3n) is 3.55. The summed E-state index contributed by atoms with van der Waals surface area (Å²) >= 11 is 0. The molecule has 2 rings (SSSR count). The molecular formula is C14H18N2O10S. The number of esters is 2. The molecule has 4 atom stereocenters. The second-order valence-corrected chi connectivity index (χ2v) is 7.38. The Balaban J connectivity index is 2.41. The second-order valence-electron chi connectivity index (χ2n) is 5.73. The van der Waals surface area contributed by atoms with Gasteiger partial charge in [0, 0.05) is 19.9 Å². The van der Waals surface area contributed by atoms with Crippen LogP contribution in [0.25, 0.3) is 0 Å². The van der Waals surface area contributed by atoms with Crippen molar-refractivity contribution in [1.29, 1.82) is 0 Å². The molecule has 12 nitrogen and oxygen atoms in total. The fourth-order valence-corrected chi connectivity index (χ4v) is 3.04. The lowest BCUT2D eigenvalue weighted by molar-refractivity contribution is -0.394. The quantitative estimate of drug-likeness (QED) is 0.264. The van der Waals surface area contributed by atoms with Crippen molar-refractivity contribution < 1.29 is 41.3 Å². The number of nitro groups is 1. The Bertz CT molecular complexity index is 833. The first kappa shape index (κ1) is 20.8. The number of carbonyl (C=O) groups excluding carboxylic acids is 2. The molecule has 1 aromatic heterocycles. The van der Waals surface area contributed by atoms with Gasteiger partial charge in [-0.2, -0.15) is 8.42 Å². The zero-order valence-electron chi connectivity index (χ0n) is 14.6. The molecule has 2 heterocycles. The topological polar surface area (TPSA) is 153 Å². The standard InChI is InChI=1S/C14H18N2O10S/c1-8(17)24-12-10(7-23-27(3,21)22)26-14(13(12)25-9(2)18)15-6-4-5-11(15)16(19)20/h4-6,10,12-14H,7H2,1-3H3. The van der Waals surface area contributed by atoms with Crippen LogP contribution in [0.5, 0.6) is 0 Å². The molecule has 1 saturated heterocycles. The van der Waals surface area contributed by atoms with Crippen molar-refractivity contribution in [1.82, 2.24) is 4.57 Å². The summed E-state index contributed by atoms with van der Waals surface area (Å²) in [5, 5.41) is 11.2. The predicted molar refractivity (Wildman–Crippen MR) is 86.9 cm³/mol. The van der Waals surface area contributed by atoms with Crippen LogP contribution in [-0.4, -0.2) is 61.0 Å². The Kier molecular flexibility index (Phi) is 6.18. The first-order chi connectivity index (χ1) is 12.5. The average Bonchev–Trinajstić information content (AvgIpc) is 3.10. The van der Waals surface area contributed by atoms with Gasteiger partial charge in [-0.25, -0.2) is 4.57 Å². The van der Waals surface area contributed by atoms with E-state index in [-0.39, 0.29) is 5.82 Å². The van der Waals surface area contributed by atoms with E-state index in [1.54, 1.807) is 0 Å². The monoisotopic (exact) mass is 406 g/mol. The molecule has 1 aromatic rings. The zero-order chi connectivity index (χ0) is 20.4. The highest BCUT2D eigenvalue weighted by molar-refractivity contribution is 7.85. The molecular weight excluding hydrogens is 388 g/mol. The maximum Gasteiger partial charge on any atom is 0.325 e. The van der Waals surface area contributed by atoms with Crippen molar-refractivity contribution in [2.24, 2.45) is 0 Å². The molecule has 4 unspecified atom stereocenters. The van der Waals surface area contributed by atoms with Crippen LogP contribution >= 0.6 is 0 Å². The van der Waals surface area contributed by atoms with E-state index in [1.165, 1.54) is 18.3 Å². The Hall–Kier alpha value is -2.51. The average molecular weight is 406 g/mol. The van der Waals surface area contributed by atoms with Crippen LogP contribution in [0.3, 0.4) is 0 Å². The zero-order valence-corrected chi connectivity index (χ0v) is 15.5. The number of nitrogens with zero attached hydrogens (tertiary/aromatic N) is 2. The van der Waals surface area contributed by atoms with Gasteiger partial charge in [0.2, 0.25) is 12.3 Å². The number of hydrogen-bond donors (Lipinski definition) is 0. The summed E-state index contributed by atoms with van der Waals surface area (Å²) in [6.07, 6.45) is -2.74. The summed E-state index contributed by atoms with van der Waals surface area (Å²) in [5.41, 5.74) is 0.